The SMILES string of the molecule is [C-]#[N+]Cc1cccc(C#Cc2ccc(CCC(=O)OC)cc2)c1. The molecule has 0 bridgehead atoms. The van der Waals surface area contributed by atoms with E-state index in [0.29, 0.717) is 19.4 Å². The van der Waals surface area contributed by atoms with E-state index in [1.807, 2.05) is 48.5 Å². The van der Waals surface area contributed by atoms with Gasteiger partial charge in [-0.1, -0.05) is 36.1 Å². The number of carbonyl (C=O) groups is 1. The zero-order chi connectivity index (χ0) is 16.5. The number of nitrogens with zero attached hydrogens (tertiary/aromatic N) is 1. The molecule has 0 saturated carbocycles. The van der Waals surface area contributed by atoms with Crippen LogP contribution in [0.1, 0.15) is 28.7 Å². The second-order valence-electron chi connectivity index (χ2n) is 5.04. The van der Waals surface area contributed by atoms with Crippen molar-refractivity contribution in [2.75, 3.05) is 7.11 Å². The van der Waals surface area contributed by atoms with Crippen LogP contribution >= 0.6 is 0 Å². The second-order valence-corrected chi connectivity index (χ2v) is 5.04. The highest BCUT2D eigenvalue weighted by Crippen LogP contribution is 2.08. The van der Waals surface area contributed by atoms with Crippen molar-refractivity contribution in [3.8, 4) is 11.8 Å². The Balaban J connectivity index is 2.03. The predicted octanol–water partition coefficient (Wildman–Crippen LogP) is 3.61. The van der Waals surface area contributed by atoms with E-state index in [-0.39, 0.29) is 5.97 Å². The number of carbonyl (C=O) groups excluding carboxylic acids is 1. The molecule has 0 N–H and O–H groups in total. The van der Waals surface area contributed by atoms with E-state index < -0.39 is 0 Å². The highest BCUT2D eigenvalue weighted by atomic mass is 16.5. The Morgan fingerprint density at radius 3 is 2.52 bits per heavy atom. The monoisotopic (exact) mass is 303 g/mol. The first-order chi connectivity index (χ1) is 11.2. The average molecular weight is 303 g/mol. The van der Waals surface area contributed by atoms with Crippen molar-refractivity contribution in [1.29, 1.82) is 0 Å². The van der Waals surface area contributed by atoms with E-state index in [2.05, 4.69) is 21.4 Å². The molecule has 2 aromatic rings. The van der Waals surface area contributed by atoms with E-state index in [9.17, 15) is 4.79 Å². The summed E-state index contributed by atoms with van der Waals surface area (Å²) in [5, 5.41) is 0. The van der Waals surface area contributed by atoms with E-state index in [1.54, 1.807) is 0 Å². The number of hydrogen-bond acceptors (Lipinski definition) is 2. The minimum Gasteiger partial charge on any atom is -0.469 e. The summed E-state index contributed by atoms with van der Waals surface area (Å²) >= 11 is 0. The molecular formula is C20H17NO2. The number of benzene rings is 2. The van der Waals surface area contributed by atoms with Crippen molar-refractivity contribution >= 4 is 5.97 Å². The van der Waals surface area contributed by atoms with Crippen LogP contribution < -0.4 is 0 Å². The smallest absolute Gasteiger partial charge is 0.305 e. The molecule has 3 nitrogen and oxygen atoms in total. The fraction of sp³-hybridized carbons (Fsp3) is 0.200. The summed E-state index contributed by atoms with van der Waals surface area (Å²) in [4.78, 5) is 14.5. The number of aryl methyl sites for hydroxylation is 1. The van der Waals surface area contributed by atoms with Gasteiger partial charge in [-0.25, -0.2) is 6.57 Å². The molecule has 0 aliphatic rings. The van der Waals surface area contributed by atoms with Crippen molar-refractivity contribution < 1.29 is 9.53 Å². The van der Waals surface area contributed by atoms with Crippen LogP contribution in [-0.4, -0.2) is 13.1 Å². The van der Waals surface area contributed by atoms with Gasteiger partial charge < -0.3 is 9.58 Å². The first-order valence-corrected chi connectivity index (χ1v) is 7.31. The standard InChI is InChI=1S/C20H17NO2/c1-21-15-19-5-3-4-18(14-19)11-10-16-6-8-17(9-7-16)12-13-20(22)23-2/h3-9,14H,12-13,15H2,2H3. The third-order valence-corrected chi connectivity index (χ3v) is 3.34. The number of ether oxygens (including phenoxy) is 1. The van der Waals surface area contributed by atoms with Crippen molar-refractivity contribution in [3.63, 3.8) is 0 Å². The average Bonchev–Trinajstić information content (AvgIpc) is 2.59. The zero-order valence-electron chi connectivity index (χ0n) is 13.0. The third-order valence-electron chi connectivity index (χ3n) is 3.34. The molecular weight excluding hydrogens is 286 g/mol. The second kappa shape index (κ2) is 8.41. The van der Waals surface area contributed by atoms with Gasteiger partial charge in [0.1, 0.15) is 0 Å². The molecule has 0 aromatic heterocycles. The molecule has 0 radical (unpaired) electrons. The quantitative estimate of drug-likeness (QED) is 0.491. The molecule has 0 unspecified atom stereocenters. The van der Waals surface area contributed by atoms with Gasteiger partial charge in [-0.15, -0.1) is 0 Å². The summed E-state index contributed by atoms with van der Waals surface area (Å²) < 4.78 is 4.63. The molecule has 0 saturated heterocycles. The highest BCUT2D eigenvalue weighted by molar-refractivity contribution is 5.69. The first-order valence-electron chi connectivity index (χ1n) is 7.31. The lowest BCUT2D eigenvalue weighted by atomic mass is 10.1. The molecule has 0 spiro atoms. The maximum Gasteiger partial charge on any atom is 0.305 e. The van der Waals surface area contributed by atoms with Crippen molar-refractivity contribution in [3.05, 3.63) is 82.2 Å². The fourth-order valence-electron chi connectivity index (χ4n) is 2.09. The molecule has 2 rings (SSSR count). The van der Waals surface area contributed by atoms with Gasteiger partial charge in [0.15, 0.2) is 0 Å². The molecule has 114 valence electrons. The normalized spacial score (nSPS) is 9.39. The van der Waals surface area contributed by atoms with E-state index >= 15 is 0 Å². The van der Waals surface area contributed by atoms with E-state index in [0.717, 1.165) is 22.3 Å². The van der Waals surface area contributed by atoms with E-state index in [4.69, 9.17) is 6.57 Å². The minimum absolute atomic E-state index is 0.201. The Bertz CT molecular complexity index is 774. The van der Waals surface area contributed by atoms with Crippen molar-refractivity contribution in [2.24, 2.45) is 0 Å². The van der Waals surface area contributed by atoms with Crippen LogP contribution in [0.5, 0.6) is 0 Å². The fourth-order valence-corrected chi connectivity index (χ4v) is 2.09. The Morgan fingerprint density at radius 1 is 1.09 bits per heavy atom. The third kappa shape index (κ3) is 5.34. The maximum atomic E-state index is 11.1. The number of methoxy groups -OCH3 is 1. The molecule has 3 heteroatoms. The van der Waals surface area contributed by atoms with Gasteiger partial charge in [0.2, 0.25) is 6.54 Å². The van der Waals surface area contributed by atoms with Gasteiger partial charge in [-0.2, -0.15) is 0 Å². The topological polar surface area (TPSA) is 30.7 Å². The van der Waals surface area contributed by atoms with Gasteiger partial charge in [-0.05, 0) is 36.2 Å². The molecule has 0 amide bonds. The lowest BCUT2D eigenvalue weighted by molar-refractivity contribution is -0.140. The van der Waals surface area contributed by atoms with Crippen LogP contribution in [0.25, 0.3) is 4.85 Å². The summed E-state index contributed by atoms with van der Waals surface area (Å²) in [5.74, 6) is 6.03. The van der Waals surface area contributed by atoms with Crippen LogP contribution in [0, 0.1) is 18.4 Å². The molecule has 0 aliphatic carbocycles. The van der Waals surface area contributed by atoms with Gasteiger partial charge >= 0.3 is 5.97 Å². The summed E-state index contributed by atoms with van der Waals surface area (Å²) in [6.45, 7) is 7.28. The largest absolute Gasteiger partial charge is 0.469 e. The molecule has 0 heterocycles. The van der Waals surface area contributed by atoms with Gasteiger partial charge in [0.25, 0.3) is 0 Å². The van der Waals surface area contributed by atoms with Gasteiger partial charge in [0.05, 0.1) is 7.11 Å². The van der Waals surface area contributed by atoms with Crippen LogP contribution in [0.2, 0.25) is 0 Å². The molecule has 2 aromatic carbocycles. The number of rotatable bonds is 4. The highest BCUT2D eigenvalue weighted by Gasteiger charge is 2.01. The molecule has 23 heavy (non-hydrogen) atoms. The molecule has 0 fully saturated rings. The number of esters is 1. The maximum absolute atomic E-state index is 11.1. The first kappa shape index (κ1) is 16.3. The predicted molar refractivity (Wildman–Crippen MR) is 89.5 cm³/mol. The van der Waals surface area contributed by atoms with Crippen LogP contribution in [-0.2, 0) is 22.5 Å². The lowest BCUT2D eigenvalue weighted by Crippen LogP contribution is -2.01. The van der Waals surface area contributed by atoms with Gasteiger partial charge in [0, 0.05) is 23.1 Å². The lowest BCUT2D eigenvalue weighted by Gasteiger charge is -2.00. The van der Waals surface area contributed by atoms with Crippen LogP contribution in [0.15, 0.2) is 48.5 Å². The van der Waals surface area contributed by atoms with Crippen LogP contribution in [0.3, 0.4) is 0 Å². The van der Waals surface area contributed by atoms with Crippen molar-refractivity contribution in [1.82, 2.24) is 0 Å². The Hall–Kier alpha value is -3.04. The Labute approximate surface area is 136 Å². The Kier molecular flexibility index (Phi) is 5.98. The Morgan fingerprint density at radius 2 is 1.83 bits per heavy atom. The van der Waals surface area contributed by atoms with Gasteiger partial charge in [-0.3, -0.25) is 4.79 Å². The summed E-state index contributed by atoms with van der Waals surface area (Å²) in [5.41, 5.74) is 3.88. The molecule has 0 aliphatic heterocycles. The number of hydrogen-bond donors (Lipinski definition) is 0. The zero-order valence-corrected chi connectivity index (χ0v) is 13.0. The van der Waals surface area contributed by atoms with E-state index in [1.165, 1.54) is 7.11 Å². The van der Waals surface area contributed by atoms with Crippen molar-refractivity contribution in [2.45, 2.75) is 19.4 Å². The summed E-state index contributed by atoms with van der Waals surface area (Å²) in [6, 6.07) is 15.6. The molecule has 0 atom stereocenters. The van der Waals surface area contributed by atoms with Crippen LogP contribution in [0.4, 0.5) is 0 Å². The minimum atomic E-state index is -0.201. The summed E-state index contributed by atoms with van der Waals surface area (Å²) in [6.07, 6.45) is 1.05. The summed E-state index contributed by atoms with van der Waals surface area (Å²) in [7, 11) is 1.40.